The molecule has 2 heteroatoms. The molecule has 0 radical (unpaired) electrons. The van der Waals surface area contributed by atoms with Crippen LogP contribution in [0.3, 0.4) is 0 Å². The van der Waals surface area contributed by atoms with Gasteiger partial charge in [-0.25, -0.2) is 0 Å². The van der Waals surface area contributed by atoms with E-state index in [9.17, 15) is 0 Å². The molecule has 0 saturated carbocycles. The average molecular weight is 250 g/mol. The van der Waals surface area contributed by atoms with Gasteiger partial charge in [0.25, 0.3) is 0 Å². The quantitative estimate of drug-likeness (QED) is 0.867. The third-order valence-electron chi connectivity index (χ3n) is 3.21. The van der Waals surface area contributed by atoms with Crippen LogP contribution in [0, 0.1) is 0 Å². The highest BCUT2D eigenvalue weighted by Crippen LogP contribution is 2.32. The van der Waals surface area contributed by atoms with Crippen LogP contribution in [-0.2, 0) is 18.3 Å². The molecule has 2 nitrogen and oxygen atoms in total. The average Bonchev–Trinajstić information content (AvgIpc) is 2.33. The Morgan fingerprint density at radius 1 is 1.06 bits per heavy atom. The fraction of sp³-hybridized carbons (Fsp3) is 0.625. The van der Waals surface area contributed by atoms with Crippen LogP contribution in [0.25, 0.3) is 0 Å². The Hall–Kier alpha value is -1.02. The summed E-state index contributed by atoms with van der Waals surface area (Å²) in [7, 11) is 0. The topological polar surface area (TPSA) is 29.5 Å². The Morgan fingerprint density at radius 2 is 1.67 bits per heavy atom. The van der Waals surface area contributed by atoms with Gasteiger partial charge < -0.3 is 9.84 Å². The zero-order valence-electron chi connectivity index (χ0n) is 12.3. The largest absolute Gasteiger partial charge is 0.491 e. The summed E-state index contributed by atoms with van der Waals surface area (Å²) in [6.07, 6.45) is 1.96. The normalized spacial score (nSPS) is 11.7. The lowest BCUT2D eigenvalue weighted by Crippen LogP contribution is -2.15. The van der Waals surface area contributed by atoms with Crippen LogP contribution in [0.15, 0.2) is 12.1 Å². The standard InChI is InChI=1S/C16H26O2/c1-6-12-11-15(18-9-8-17)13(7-2)10-14(12)16(3,4)5/h10-11,17H,6-9H2,1-5H3. The molecule has 0 aliphatic heterocycles. The third kappa shape index (κ3) is 3.49. The Labute approximate surface area is 111 Å². The molecular formula is C16H26O2. The highest BCUT2D eigenvalue weighted by atomic mass is 16.5. The Bertz CT molecular complexity index is 389. The molecule has 0 aliphatic carbocycles. The van der Waals surface area contributed by atoms with Gasteiger partial charge in [0.15, 0.2) is 0 Å². The first-order valence-corrected chi connectivity index (χ1v) is 6.84. The van der Waals surface area contributed by atoms with Crippen LogP contribution in [-0.4, -0.2) is 18.3 Å². The number of rotatable bonds is 5. The smallest absolute Gasteiger partial charge is 0.122 e. The van der Waals surface area contributed by atoms with Crippen LogP contribution >= 0.6 is 0 Å². The van der Waals surface area contributed by atoms with Gasteiger partial charge in [-0.15, -0.1) is 0 Å². The summed E-state index contributed by atoms with van der Waals surface area (Å²) in [5, 5.41) is 8.88. The lowest BCUT2D eigenvalue weighted by molar-refractivity contribution is 0.200. The predicted molar refractivity (Wildman–Crippen MR) is 76.5 cm³/mol. The van der Waals surface area contributed by atoms with E-state index in [4.69, 9.17) is 9.84 Å². The van der Waals surface area contributed by atoms with Crippen molar-refractivity contribution in [2.45, 2.75) is 52.9 Å². The monoisotopic (exact) mass is 250 g/mol. The Kier molecular flexibility index (Phi) is 5.21. The Morgan fingerprint density at radius 3 is 2.11 bits per heavy atom. The van der Waals surface area contributed by atoms with Gasteiger partial charge in [-0.05, 0) is 41.0 Å². The SMILES string of the molecule is CCc1cc(C(C)(C)C)c(CC)cc1OCCO. The maximum Gasteiger partial charge on any atom is 0.122 e. The first-order valence-electron chi connectivity index (χ1n) is 6.84. The van der Waals surface area contributed by atoms with Crippen molar-refractivity contribution in [3.8, 4) is 5.75 Å². The molecule has 102 valence electrons. The van der Waals surface area contributed by atoms with Crippen molar-refractivity contribution in [2.24, 2.45) is 0 Å². The number of ether oxygens (including phenoxy) is 1. The number of aliphatic hydroxyl groups excluding tert-OH is 1. The molecule has 0 aliphatic rings. The number of aliphatic hydroxyl groups is 1. The molecule has 0 atom stereocenters. The fourth-order valence-corrected chi connectivity index (χ4v) is 2.22. The molecule has 0 aromatic heterocycles. The van der Waals surface area contributed by atoms with Crippen molar-refractivity contribution in [2.75, 3.05) is 13.2 Å². The van der Waals surface area contributed by atoms with E-state index in [0.717, 1.165) is 18.6 Å². The molecule has 1 rings (SSSR count). The lowest BCUT2D eigenvalue weighted by Gasteiger charge is -2.25. The molecule has 18 heavy (non-hydrogen) atoms. The second-order valence-electron chi connectivity index (χ2n) is 5.65. The van der Waals surface area contributed by atoms with E-state index in [1.807, 2.05) is 0 Å². The summed E-state index contributed by atoms with van der Waals surface area (Å²) in [6, 6.07) is 4.42. The van der Waals surface area contributed by atoms with E-state index < -0.39 is 0 Å². The van der Waals surface area contributed by atoms with Crippen molar-refractivity contribution >= 4 is 0 Å². The predicted octanol–water partition coefficient (Wildman–Crippen LogP) is 3.48. The van der Waals surface area contributed by atoms with E-state index >= 15 is 0 Å². The second-order valence-corrected chi connectivity index (χ2v) is 5.65. The maximum absolute atomic E-state index is 8.88. The van der Waals surface area contributed by atoms with Crippen molar-refractivity contribution in [1.82, 2.24) is 0 Å². The van der Waals surface area contributed by atoms with Gasteiger partial charge >= 0.3 is 0 Å². The van der Waals surface area contributed by atoms with Crippen LogP contribution < -0.4 is 4.74 Å². The van der Waals surface area contributed by atoms with E-state index in [2.05, 4.69) is 46.8 Å². The van der Waals surface area contributed by atoms with Crippen molar-refractivity contribution in [3.63, 3.8) is 0 Å². The summed E-state index contributed by atoms with van der Waals surface area (Å²) in [6.45, 7) is 11.5. The van der Waals surface area contributed by atoms with Crippen LogP contribution in [0.1, 0.15) is 51.3 Å². The van der Waals surface area contributed by atoms with Gasteiger partial charge in [0.05, 0.1) is 6.61 Å². The molecule has 0 amide bonds. The molecule has 0 bridgehead atoms. The van der Waals surface area contributed by atoms with E-state index in [-0.39, 0.29) is 12.0 Å². The molecule has 1 aromatic carbocycles. The van der Waals surface area contributed by atoms with Crippen molar-refractivity contribution < 1.29 is 9.84 Å². The maximum atomic E-state index is 8.88. The number of hydrogen-bond acceptors (Lipinski definition) is 2. The van der Waals surface area contributed by atoms with Crippen molar-refractivity contribution in [3.05, 3.63) is 28.8 Å². The summed E-state index contributed by atoms with van der Waals surface area (Å²) in [5.74, 6) is 0.927. The molecular weight excluding hydrogens is 224 g/mol. The minimum absolute atomic E-state index is 0.0611. The fourth-order valence-electron chi connectivity index (χ4n) is 2.22. The van der Waals surface area contributed by atoms with Crippen LogP contribution in [0.4, 0.5) is 0 Å². The summed E-state index contributed by atoms with van der Waals surface area (Å²) < 4.78 is 5.64. The number of benzene rings is 1. The van der Waals surface area contributed by atoms with Crippen LogP contribution in [0.2, 0.25) is 0 Å². The van der Waals surface area contributed by atoms with Gasteiger partial charge in [0, 0.05) is 0 Å². The zero-order valence-corrected chi connectivity index (χ0v) is 12.3. The van der Waals surface area contributed by atoms with Gasteiger partial charge in [-0.3, -0.25) is 0 Å². The van der Waals surface area contributed by atoms with Gasteiger partial charge in [-0.2, -0.15) is 0 Å². The highest BCUT2D eigenvalue weighted by Gasteiger charge is 2.19. The van der Waals surface area contributed by atoms with E-state index in [1.165, 1.54) is 16.7 Å². The molecule has 0 spiro atoms. The highest BCUT2D eigenvalue weighted by molar-refractivity contribution is 5.45. The zero-order chi connectivity index (χ0) is 13.8. The first kappa shape index (κ1) is 15.0. The summed E-state index contributed by atoms with van der Waals surface area (Å²) in [4.78, 5) is 0. The molecule has 1 N–H and O–H groups in total. The van der Waals surface area contributed by atoms with E-state index in [0.29, 0.717) is 6.61 Å². The lowest BCUT2D eigenvalue weighted by atomic mass is 9.81. The summed E-state index contributed by atoms with van der Waals surface area (Å²) >= 11 is 0. The number of aryl methyl sites for hydroxylation is 2. The minimum Gasteiger partial charge on any atom is -0.491 e. The number of hydrogen-bond donors (Lipinski definition) is 1. The third-order valence-corrected chi connectivity index (χ3v) is 3.21. The van der Waals surface area contributed by atoms with Gasteiger partial charge in [0.1, 0.15) is 12.4 Å². The minimum atomic E-state index is 0.0611. The van der Waals surface area contributed by atoms with Crippen molar-refractivity contribution in [1.29, 1.82) is 0 Å². The van der Waals surface area contributed by atoms with Crippen LogP contribution in [0.5, 0.6) is 5.75 Å². The summed E-state index contributed by atoms with van der Waals surface area (Å²) in [5.41, 5.74) is 4.13. The van der Waals surface area contributed by atoms with Gasteiger partial charge in [-0.1, -0.05) is 40.7 Å². The molecule has 0 fully saturated rings. The van der Waals surface area contributed by atoms with Gasteiger partial charge in [0.2, 0.25) is 0 Å². The molecule has 0 unspecified atom stereocenters. The molecule has 0 heterocycles. The molecule has 0 saturated heterocycles. The Balaban J connectivity index is 3.23. The first-order chi connectivity index (χ1) is 8.43. The van der Waals surface area contributed by atoms with E-state index in [1.54, 1.807) is 0 Å². The second kappa shape index (κ2) is 6.24. The molecule has 1 aromatic rings.